The van der Waals surface area contributed by atoms with E-state index in [-0.39, 0.29) is 16.7 Å². The second-order valence-corrected chi connectivity index (χ2v) is 9.75. The Balaban J connectivity index is 1.51. The Morgan fingerprint density at radius 2 is 2.14 bits per heavy atom. The highest BCUT2D eigenvalue weighted by Gasteiger charge is 2.33. The minimum absolute atomic E-state index is 0.0339. The first-order valence-corrected chi connectivity index (χ1v) is 11.7. The van der Waals surface area contributed by atoms with Crippen molar-refractivity contribution < 1.29 is 17.9 Å². The second-order valence-electron chi connectivity index (χ2n) is 6.76. The van der Waals surface area contributed by atoms with Gasteiger partial charge in [-0.2, -0.15) is 9.40 Å². The summed E-state index contributed by atoms with van der Waals surface area (Å²) in [6.45, 7) is 2.98. The van der Waals surface area contributed by atoms with Gasteiger partial charge in [-0.25, -0.2) is 13.4 Å². The molecule has 0 spiro atoms. The SMILES string of the molecule is COc1ccc(C)cc1S(=O)(=O)N1CCC(C(=O)NCCSc2ncn[nH]2)CC1. The van der Waals surface area contributed by atoms with E-state index in [2.05, 4.69) is 20.5 Å². The fourth-order valence-corrected chi connectivity index (χ4v) is 5.56. The largest absolute Gasteiger partial charge is 0.495 e. The summed E-state index contributed by atoms with van der Waals surface area (Å²) in [5, 5.41) is 10.1. The molecular weight excluding hydrogens is 414 g/mol. The molecule has 3 rings (SSSR count). The first kappa shape index (κ1) is 21.6. The predicted molar refractivity (Wildman–Crippen MR) is 109 cm³/mol. The van der Waals surface area contributed by atoms with Crippen LogP contribution in [0.1, 0.15) is 18.4 Å². The van der Waals surface area contributed by atoms with Crippen LogP contribution in [0.3, 0.4) is 0 Å². The number of thioether (sulfide) groups is 1. The number of carbonyl (C=O) groups is 1. The second kappa shape index (κ2) is 9.59. The Kier molecular flexibility index (Phi) is 7.14. The maximum atomic E-state index is 13.0. The summed E-state index contributed by atoms with van der Waals surface area (Å²) in [6, 6.07) is 5.10. The highest BCUT2D eigenvalue weighted by Crippen LogP contribution is 2.30. The van der Waals surface area contributed by atoms with Crippen molar-refractivity contribution in [3.05, 3.63) is 30.1 Å². The zero-order valence-corrected chi connectivity index (χ0v) is 18.1. The van der Waals surface area contributed by atoms with Crippen LogP contribution in [0.15, 0.2) is 34.6 Å². The quantitative estimate of drug-likeness (QED) is 0.472. The molecule has 1 aliphatic rings. The average Bonchev–Trinajstić information content (AvgIpc) is 3.24. The van der Waals surface area contributed by atoms with Gasteiger partial charge in [-0.3, -0.25) is 9.89 Å². The van der Waals surface area contributed by atoms with Crippen LogP contribution in [0.4, 0.5) is 0 Å². The van der Waals surface area contributed by atoms with E-state index in [0.717, 1.165) is 5.56 Å². The number of hydrogen-bond acceptors (Lipinski definition) is 7. The van der Waals surface area contributed by atoms with Gasteiger partial charge in [0.1, 0.15) is 17.0 Å². The van der Waals surface area contributed by atoms with Gasteiger partial charge in [0, 0.05) is 31.3 Å². The molecule has 1 aliphatic heterocycles. The van der Waals surface area contributed by atoms with Crippen molar-refractivity contribution in [2.75, 3.05) is 32.5 Å². The number of H-pyrrole nitrogens is 1. The molecule has 0 bridgehead atoms. The molecule has 2 aromatic rings. The van der Waals surface area contributed by atoms with E-state index in [1.165, 1.54) is 29.5 Å². The van der Waals surface area contributed by atoms with Crippen molar-refractivity contribution in [1.29, 1.82) is 0 Å². The smallest absolute Gasteiger partial charge is 0.246 e. The van der Waals surface area contributed by atoms with E-state index >= 15 is 0 Å². The number of carbonyl (C=O) groups excluding carboxylic acids is 1. The van der Waals surface area contributed by atoms with Crippen LogP contribution in [-0.4, -0.2) is 66.3 Å². The Morgan fingerprint density at radius 1 is 1.38 bits per heavy atom. The minimum atomic E-state index is -3.67. The standard InChI is InChI=1S/C18H25N5O4S2/c1-13-3-4-15(27-2)16(11-13)29(25,26)23-8-5-14(6-9-23)17(24)19-7-10-28-18-20-12-21-22-18/h3-4,11-12,14H,5-10H2,1-2H3,(H,19,24)(H,20,21,22). The number of amides is 1. The van der Waals surface area contributed by atoms with E-state index in [1.807, 2.05) is 13.0 Å². The number of nitrogens with zero attached hydrogens (tertiary/aromatic N) is 3. The van der Waals surface area contributed by atoms with Crippen LogP contribution < -0.4 is 10.1 Å². The van der Waals surface area contributed by atoms with Crippen LogP contribution >= 0.6 is 11.8 Å². The van der Waals surface area contributed by atoms with Gasteiger partial charge in [0.05, 0.1) is 7.11 Å². The van der Waals surface area contributed by atoms with Crippen molar-refractivity contribution in [2.24, 2.45) is 5.92 Å². The summed E-state index contributed by atoms with van der Waals surface area (Å²) >= 11 is 1.48. The molecule has 0 unspecified atom stereocenters. The number of benzene rings is 1. The third-order valence-corrected chi connectivity index (χ3v) is 7.59. The lowest BCUT2D eigenvalue weighted by molar-refractivity contribution is -0.125. The lowest BCUT2D eigenvalue weighted by Gasteiger charge is -2.31. The van der Waals surface area contributed by atoms with Gasteiger partial charge in [-0.15, -0.1) is 0 Å². The number of hydrogen-bond donors (Lipinski definition) is 2. The summed E-state index contributed by atoms with van der Waals surface area (Å²) < 4.78 is 32.8. The first-order valence-electron chi connectivity index (χ1n) is 9.32. The lowest BCUT2D eigenvalue weighted by Crippen LogP contribution is -2.43. The number of aryl methyl sites for hydroxylation is 1. The Bertz CT molecular complexity index is 926. The Morgan fingerprint density at radius 3 is 2.79 bits per heavy atom. The molecule has 0 atom stereocenters. The first-order chi connectivity index (χ1) is 13.9. The zero-order chi connectivity index (χ0) is 20.9. The monoisotopic (exact) mass is 439 g/mol. The van der Waals surface area contributed by atoms with Crippen LogP contribution in [0.2, 0.25) is 0 Å². The molecule has 1 saturated heterocycles. The molecule has 0 aliphatic carbocycles. The van der Waals surface area contributed by atoms with E-state index in [9.17, 15) is 13.2 Å². The number of aromatic nitrogens is 3. The fourth-order valence-electron chi connectivity index (χ4n) is 3.21. The summed E-state index contributed by atoms with van der Waals surface area (Å²) in [5.74, 6) is 0.797. The van der Waals surface area contributed by atoms with Gasteiger partial charge >= 0.3 is 0 Å². The molecule has 2 N–H and O–H groups in total. The number of nitrogens with one attached hydrogen (secondary N) is 2. The highest BCUT2D eigenvalue weighted by atomic mass is 32.2. The lowest BCUT2D eigenvalue weighted by atomic mass is 9.97. The predicted octanol–water partition coefficient (Wildman–Crippen LogP) is 1.43. The molecule has 1 aromatic carbocycles. The number of rotatable bonds is 8. The summed E-state index contributed by atoms with van der Waals surface area (Å²) in [4.78, 5) is 16.6. The Labute approximate surface area is 174 Å². The number of sulfonamides is 1. The summed E-state index contributed by atoms with van der Waals surface area (Å²) in [6.07, 6.45) is 2.43. The summed E-state index contributed by atoms with van der Waals surface area (Å²) in [7, 11) is -2.21. The van der Waals surface area contributed by atoms with E-state index < -0.39 is 10.0 Å². The van der Waals surface area contributed by atoms with Crippen molar-refractivity contribution in [1.82, 2.24) is 24.8 Å². The maximum Gasteiger partial charge on any atom is 0.246 e. The van der Waals surface area contributed by atoms with Gasteiger partial charge in [0.15, 0.2) is 5.16 Å². The van der Waals surface area contributed by atoms with Crippen molar-refractivity contribution in [3.63, 3.8) is 0 Å². The van der Waals surface area contributed by atoms with Gasteiger partial charge in [0.25, 0.3) is 0 Å². The number of methoxy groups -OCH3 is 1. The molecule has 2 heterocycles. The van der Waals surface area contributed by atoms with Crippen LogP contribution in [-0.2, 0) is 14.8 Å². The average molecular weight is 440 g/mol. The van der Waals surface area contributed by atoms with Gasteiger partial charge < -0.3 is 10.1 Å². The minimum Gasteiger partial charge on any atom is -0.495 e. The van der Waals surface area contributed by atoms with E-state index in [4.69, 9.17) is 4.74 Å². The van der Waals surface area contributed by atoms with E-state index in [1.54, 1.807) is 12.1 Å². The van der Waals surface area contributed by atoms with Gasteiger partial charge in [-0.05, 0) is 37.5 Å². The molecule has 1 amide bonds. The maximum absolute atomic E-state index is 13.0. The van der Waals surface area contributed by atoms with Crippen molar-refractivity contribution >= 4 is 27.7 Å². The molecular formula is C18H25N5O4S2. The molecule has 0 saturated carbocycles. The third kappa shape index (κ3) is 5.28. The molecule has 11 heteroatoms. The van der Waals surface area contributed by atoms with Crippen molar-refractivity contribution in [2.45, 2.75) is 29.8 Å². The number of piperidine rings is 1. The summed E-state index contributed by atoms with van der Waals surface area (Å²) in [5.41, 5.74) is 0.849. The molecule has 29 heavy (non-hydrogen) atoms. The van der Waals surface area contributed by atoms with Crippen molar-refractivity contribution in [3.8, 4) is 5.75 Å². The normalized spacial score (nSPS) is 15.9. The molecule has 9 nitrogen and oxygen atoms in total. The third-order valence-electron chi connectivity index (χ3n) is 4.79. The molecule has 0 radical (unpaired) electrons. The van der Waals surface area contributed by atoms with E-state index in [0.29, 0.717) is 49.1 Å². The topological polar surface area (TPSA) is 117 Å². The number of aromatic amines is 1. The molecule has 1 fully saturated rings. The van der Waals surface area contributed by atoms with Crippen LogP contribution in [0, 0.1) is 12.8 Å². The highest BCUT2D eigenvalue weighted by molar-refractivity contribution is 7.99. The molecule has 158 valence electrons. The zero-order valence-electron chi connectivity index (χ0n) is 16.4. The number of ether oxygens (including phenoxy) is 1. The fraction of sp³-hybridized carbons (Fsp3) is 0.500. The van der Waals surface area contributed by atoms with Crippen LogP contribution in [0.5, 0.6) is 5.75 Å². The Hall–Kier alpha value is -2.11. The van der Waals surface area contributed by atoms with Crippen LogP contribution in [0.25, 0.3) is 0 Å². The van der Waals surface area contributed by atoms with Gasteiger partial charge in [-0.1, -0.05) is 17.8 Å². The molecule has 1 aromatic heterocycles. The van der Waals surface area contributed by atoms with Gasteiger partial charge in [0.2, 0.25) is 15.9 Å².